The van der Waals surface area contributed by atoms with E-state index in [1.807, 2.05) is 0 Å². The summed E-state index contributed by atoms with van der Waals surface area (Å²) in [6.07, 6.45) is 5.29. The first kappa shape index (κ1) is 18.9. The van der Waals surface area contributed by atoms with Gasteiger partial charge in [0, 0.05) is 23.2 Å². The Morgan fingerprint density at radius 2 is 1.36 bits per heavy atom. The van der Waals surface area contributed by atoms with Crippen LogP contribution in [-0.2, 0) is 13.1 Å². The first-order chi connectivity index (χ1) is 12.2. The minimum absolute atomic E-state index is 0.759. The Morgan fingerprint density at radius 3 is 1.96 bits per heavy atom. The first-order valence-corrected chi connectivity index (χ1v) is 10.5. The van der Waals surface area contributed by atoms with Gasteiger partial charge < -0.3 is 5.73 Å². The van der Waals surface area contributed by atoms with Crippen LogP contribution in [0.15, 0.2) is 54.6 Å². The lowest BCUT2D eigenvalue weighted by atomic mass is 9.82. The lowest BCUT2D eigenvalue weighted by Gasteiger charge is -2.32. The van der Waals surface area contributed by atoms with E-state index in [0.717, 1.165) is 31.5 Å². The fraction of sp³-hybridized carbons (Fsp3) is 0.455. The van der Waals surface area contributed by atoms with Gasteiger partial charge in [0.2, 0.25) is 0 Å². The van der Waals surface area contributed by atoms with Crippen LogP contribution < -0.4 is 5.73 Å². The lowest BCUT2D eigenvalue weighted by Crippen LogP contribution is -2.32. The number of benzene rings is 2. The average Bonchev–Trinajstić information content (AvgIpc) is 2.65. The zero-order valence-electron chi connectivity index (χ0n) is 14.9. The highest BCUT2D eigenvalue weighted by molar-refractivity contribution is 14.1. The summed E-state index contributed by atoms with van der Waals surface area (Å²) in [5.74, 6) is 1.57. The number of hydrogen-bond donors (Lipinski definition) is 1. The molecule has 3 heteroatoms. The zero-order chi connectivity index (χ0) is 17.5. The Kier molecular flexibility index (Phi) is 7.32. The van der Waals surface area contributed by atoms with Crippen molar-refractivity contribution in [1.29, 1.82) is 0 Å². The predicted octanol–water partition coefficient (Wildman–Crippen LogP) is 5.06. The molecule has 0 aliphatic heterocycles. The third-order valence-electron chi connectivity index (χ3n) is 5.38. The molecule has 0 bridgehead atoms. The van der Waals surface area contributed by atoms with Crippen molar-refractivity contribution in [2.24, 2.45) is 17.6 Å². The van der Waals surface area contributed by atoms with Gasteiger partial charge in [-0.1, -0.05) is 42.5 Å². The van der Waals surface area contributed by atoms with Crippen molar-refractivity contribution >= 4 is 22.6 Å². The van der Waals surface area contributed by atoms with Crippen LogP contribution in [0.25, 0.3) is 0 Å². The molecule has 1 saturated carbocycles. The highest BCUT2D eigenvalue weighted by atomic mass is 127. The van der Waals surface area contributed by atoms with E-state index in [1.54, 1.807) is 0 Å². The highest BCUT2D eigenvalue weighted by Gasteiger charge is 2.22. The van der Waals surface area contributed by atoms with Crippen molar-refractivity contribution in [2.75, 3.05) is 13.1 Å². The Bertz CT molecular complexity index is 618. The molecule has 0 heterocycles. The fourth-order valence-electron chi connectivity index (χ4n) is 3.89. The second-order valence-corrected chi connectivity index (χ2v) is 8.65. The molecular formula is C22H29IN2. The van der Waals surface area contributed by atoms with Crippen LogP contribution >= 0.6 is 22.6 Å². The van der Waals surface area contributed by atoms with Crippen molar-refractivity contribution in [3.63, 3.8) is 0 Å². The number of rotatable bonds is 7. The summed E-state index contributed by atoms with van der Waals surface area (Å²) < 4.78 is 1.30. The largest absolute Gasteiger partial charge is 0.330 e. The number of hydrogen-bond acceptors (Lipinski definition) is 2. The summed E-state index contributed by atoms with van der Waals surface area (Å²) in [7, 11) is 0. The van der Waals surface area contributed by atoms with E-state index in [2.05, 4.69) is 82.1 Å². The van der Waals surface area contributed by atoms with E-state index in [-0.39, 0.29) is 0 Å². The van der Waals surface area contributed by atoms with E-state index in [0.29, 0.717) is 0 Å². The molecule has 0 atom stereocenters. The molecule has 0 spiro atoms. The Labute approximate surface area is 165 Å². The van der Waals surface area contributed by atoms with Crippen molar-refractivity contribution < 1.29 is 0 Å². The Morgan fingerprint density at radius 1 is 0.800 bits per heavy atom. The number of halogens is 1. The lowest BCUT2D eigenvalue weighted by molar-refractivity contribution is 0.170. The molecular weight excluding hydrogens is 419 g/mol. The van der Waals surface area contributed by atoms with Crippen LogP contribution in [0.1, 0.15) is 36.8 Å². The van der Waals surface area contributed by atoms with Crippen molar-refractivity contribution in [2.45, 2.75) is 38.8 Å². The van der Waals surface area contributed by atoms with E-state index < -0.39 is 0 Å². The summed E-state index contributed by atoms with van der Waals surface area (Å²) in [5, 5.41) is 0. The third kappa shape index (κ3) is 6.08. The molecule has 2 aromatic carbocycles. The summed E-state index contributed by atoms with van der Waals surface area (Å²) >= 11 is 2.37. The Balaban J connectivity index is 1.64. The molecule has 0 aromatic heterocycles. The van der Waals surface area contributed by atoms with Gasteiger partial charge >= 0.3 is 0 Å². The molecule has 1 aliphatic carbocycles. The van der Waals surface area contributed by atoms with E-state index >= 15 is 0 Å². The van der Waals surface area contributed by atoms with Crippen LogP contribution in [0.2, 0.25) is 0 Å². The van der Waals surface area contributed by atoms with Gasteiger partial charge in [-0.05, 0) is 89.9 Å². The van der Waals surface area contributed by atoms with Crippen LogP contribution in [0, 0.1) is 15.4 Å². The molecule has 3 rings (SSSR count). The molecule has 1 aliphatic rings. The van der Waals surface area contributed by atoms with Gasteiger partial charge in [-0.2, -0.15) is 0 Å². The average molecular weight is 448 g/mol. The van der Waals surface area contributed by atoms with Gasteiger partial charge in [0.05, 0.1) is 0 Å². The third-order valence-corrected chi connectivity index (χ3v) is 6.10. The molecule has 0 amide bonds. The molecule has 0 unspecified atom stereocenters. The van der Waals surface area contributed by atoms with Gasteiger partial charge in [-0.3, -0.25) is 4.90 Å². The molecule has 25 heavy (non-hydrogen) atoms. The van der Waals surface area contributed by atoms with Crippen LogP contribution in [0.4, 0.5) is 0 Å². The minimum Gasteiger partial charge on any atom is -0.330 e. The summed E-state index contributed by atoms with van der Waals surface area (Å²) in [5.41, 5.74) is 8.67. The fourth-order valence-corrected chi connectivity index (χ4v) is 4.25. The normalized spacial score (nSPS) is 20.8. The maximum atomic E-state index is 5.86. The second-order valence-electron chi connectivity index (χ2n) is 7.40. The zero-order valence-corrected chi connectivity index (χ0v) is 17.1. The quantitative estimate of drug-likeness (QED) is 0.601. The minimum atomic E-state index is 0.759. The summed E-state index contributed by atoms with van der Waals surface area (Å²) in [6, 6.07) is 19.8. The Hall–Kier alpha value is -0.910. The molecule has 2 N–H and O–H groups in total. The van der Waals surface area contributed by atoms with Crippen molar-refractivity contribution in [1.82, 2.24) is 4.90 Å². The first-order valence-electron chi connectivity index (χ1n) is 9.43. The van der Waals surface area contributed by atoms with Crippen molar-refractivity contribution in [3.8, 4) is 0 Å². The van der Waals surface area contributed by atoms with Crippen LogP contribution in [0.3, 0.4) is 0 Å². The van der Waals surface area contributed by atoms with Crippen molar-refractivity contribution in [3.05, 3.63) is 69.3 Å². The van der Waals surface area contributed by atoms with Crippen LogP contribution in [-0.4, -0.2) is 18.0 Å². The molecule has 0 saturated heterocycles. The number of nitrogens with two attached hydrogens (primary N) is 1. The smallest absolute Gasteiger partial charge is 0.0237 e. The SMILES string of the molecule is NCC1CCC(CN(Cc2ccccc2)Cc2ccc(I)cc2)CC1. The number of nitrogens with zero attached hydrogens (tertiary/aromatic N) is 1. The molecule has 2 nitrogen and oxygen atoms in total. The van der Waals surface area contributed by atoms with Gasteiger partial charge in [0.25, 0.3) is 0 Å². The van der Waals surface area contributed by atoms with E-state index in [4.69, 9.17) is 5.73 Å². The monoisotopic (exact) mass is 448 g/mol. The second kappa shape index (κ2) is 9.70. The summed E-state index contributed by atoms with van der Waals surface area (Å²) in [6.45, 7) is 4.12. The maximum absolute atomic E-state index is 5.86. The van der Waals surface area contributed by atoms with Gasteiger partial charge in [-0.15, -0.1) is 0 Å². The molecule has 1 fully saturated rings. The van der Waals surface area contributed by atoms with Gasteiger partial charge in [0.15, 0.2) is 0 Å². The predicted molar refractivity (Wildman–Crippen MR) is 114 cm³/mol. The van der Waals surface area contributed by atoms with E-state index in [9.17, 15) is 0 Å². The molecule has 134 valence electrons. The maximum Gasteiger partial charge on any atom is 0.0237 e. The van der Waals surface area contributed by atoms with E-state index in [1.165, 1.54) is 46.9 Å². The highest BCUT2D eigenvalue weighted by Crippen LogP contribution is 2.29. The topological polar surface area (TPSA) is 29.3 Å². The van der Waals surface area contributed by atoms with Gasteiger partial charge in [0.1, 0.15) is 0 Å². The molecule has 0 radical (unpaired) electrons. The summed E-state index contributed by atoms with van der Waals surface area (Å²) in [4.78, 5) is 2.63. The molecule has 2 aromatic rings. The standard InChI is InChI=1S/C22H29IN2/c23-22-12-10-21(11-13-22)17-25(15-19-4-2-1-3-5-19)16-20-8-6-18(14-24)7-9-20/h1-5,10-13,18,20H,6-9,14-17,24H2. The van der Waals surface area contributed by atoms with Crippen LogP contribution in [0.5, 0.6) is 0 Å². The van der Waals surface area contributed by atoms with Gasteiger partial charge in [-0.25, -0.2) is 0 Å².